The Labute approximate surface area is 170 Å². The zero-order valence-corrected chi connectivity index (χ0v) is 18.0. The molecule has 2 heterocycles. The van der Waals surface area contributed by atoms with Crippen LogP contribution >= 0.6 is 23.4 Å². The van der Waals surface area contributed by atoms with E-state index in [-0.39, 0.29) is 11.9 Å². The van der Waals surface area contributed by atoms with Gasteiger partial charge in [0.05, 0.1) is 25.0 Å². The Hall–Kier alpha value is -0.0900. The number of likely N-dealkylation sites (N-methyl/N-ethyl adjacent to an activating group) is 1. The number of amides is 1. The molecule has 1 amide bonds. The number of carbonyl (C=O) groups excluding carboxylic acids is 1. The lowest BCUT2D eigenvalue weighted by atomic mass is 9.92. The van der Waals surface area contributed by atoms with Crippen molar-refractivity contribution in [1.29, 1.82) is 0 Å². The van der Waals surface area contributed by atoms with E-state index in [2.05, 4.69) is 12.2 Å². The highest BCUT2D eigenvalue weighted by atomic mass is 35.5. The minimum atomic E-state index is -1.36. The normalized spacial score (nSPS) is 41.9. The summed E-state index contributed by atoms with van der Waals surface area (Å²) < 4.78 is 5.80. The number of carbonyl (C=O) groups is 1. The Morgan fingerprint density at radius 1 is 1.33 bits per heavy atom. The lowest BCUT2D eigenvalue weighted by molar-refractivity contribution is -0.884. The van der Waals surface area contributed by atoms with Gasteiger partial charge in [0, 0.05) is 12.3 Å². The van der Waals surface area contributed by atoms with E-state index in [0.717, 1.165) is 25.8 Å². The molecule has 9 heteroatoms. The maximum atomic E-state index is 12.9. The molecule has 10 atom stereocenters. The minimum Gasteiger partial charge on any atom is -0.388 e. The van der Waals surface area contributed by atoms with E-state index in [1.54, 1.807) is 13.2 Å². The Kier molecular flexibility index (Phi) is 8.67. The number of ether oxygens (including phenoxy) is 1. The van der Waals surface area contributed by atoms with Crippen molar-refractivity contribution in [2.45, 2.75) is 80.4 Å². The number of thioether (sulfide) groups is 1. The molecule has 0 radical (unpaired) electrons. The van der Waals surface area contributed by atoms with Crippen molar-refractivity contribution < 1.29 is 29.8 Å². The third-order valence-electron chi connectivity index (χ3n) is 5.78. The number of hydrogen-bond donors (Lipinski definition) is 5. The maximum absolute atomic E-state index is 12.9. The van der Waals surface area contributed by atoms with Crippen LogP contribution < -0.4 is 10.2 Å². The first-order valence-corrected chi connectivity index (χ1v) is 11.4. The molecule has 5 N–H and O–H groups in total. The number of aliphatic hydroxyl groups excluding tert-OH is 3. The van der Waals surface area contributed by atoms with E-state index in [1.807, 2.05) is 7.05 Å². The second-order valence-corrected chi connectivity index (χ2v) is 9.51. The molecule has 0 aliphatic carbocycles. The molecule has 0 aromatic carbocycles. The second-order valence-electron chi connectivity index (χ2n) is 7.88. The summed E-state index contributed by atoms with van der Waals surface area (Å²) in [5.74, 6) is 0.424. The number of rotatable bonds is 7. The van der Waals surface area contributed by atoms with Crippen LogP contribution in [0.5, 0.6) is 0 Å². The SMILES string of the molecule is CCC[C@H]1C[C@@H](C(=O)N[C@@H]([C@H]2O[C@@H](SC)[C@@H](O)[C@@H](O)[C@H]2O)[C@@H](C)Cl)[NH+](C)C1. The summed E-state index contributed by atoms with van der Waals surface area (Å²) in [4.78, 5) is 14.1. The predicted octanol–water partition coefficient (Wildman–Crippen LogP) is -1.03. The molecule has 2 aliphatic heterocycles. The van der Waals surface area contributed by atoms with E-state index < -0.39 is 41.3 Å². The molecule has 2 saturated heterocycles. The summed E-state index contributed by atoms with van der Waals surface area (Å²) in [6.45, 7) is 4.84. The predicted molar refractivity (Wildman–Crippen MR) is 106 cm³/mol. The fourth-order valence-electron chi connectivity index (χ4n) is 4.26. The van der Waals surface area contributed by atoms with Crippen molar-refractivity contribution in [3.8, 4) is 0 Å². The summed E-state index contributed by atoms with van der Waals surface area (Å²) in [7, 11) is 2.02. The van der Waals surface area contributed by atoms with Crippen molar-refractivity contribution in [3.05, 3.63) is 0 Å². The summed E-state index contributed by atoms with van der Waals surface area (Å²) in [6, 6.07) is -0.837. The van der Waals surface area contributed by atoms with Gasteiger partial charge in [-0.1, -0.05) is 13.3 Å². The van der Waals surface area contributed by atoms with Crippen molar-refractivity contribution >= 4 is 29.3 Å². The van der Waals surface area contributed by atoms with Crippen molar-refractivity contribution in [2.24, 2.45) is 5.92 Å². The monoisotopic (exact) mass is 425 g/mol. The van der Waals surface area contributed by atoms with Gasteiger partial charge < -0.3 is 30.3 Å². The maximum Gasteiger partial charge on any atom is 0.278 e. The van der Waals surface area contributed by atoms with E-state index in [1.165, 1.54) is 16.7 Å². The Balaban J connectivity index is 2.09. The van der Waals surface area contributed by atoms with Crippen LogP contribution in [0, 0.1) is 5.92 Å². The second kappa shape index (κ2) is 10.1. The van der Waals surface area contributed by atoms with Gasteiger partial charge in [-0.25, -0.2) is 0 Å². The number of alkyl halides is 1. The average Bonchev–Trinajstić information content (AvgIpc) is 2.99. The topological polar surface area (TPSA) is 103 Å². The zero-order valence-electron chi connectivity index (χ0n) is 16.5. The summed E-state index contributed by atoms with van der Waals surface area (Å²) in [5.41, 5.74) is -0.697. The molecule has 1 unspecified atom stereocenters. The van der Waals surface area contributed by atoms with Crippen LogP contribution in [0.4, 0.5) is 0 Å². The fourth-order valence-corrected chi connectivity index (χ4v) is 5.15. The lowest BCUT2D eigenvalue weighted by Crippen LogP contribution is -3.12. The van der Waals surface area contributed by atoms with Crippen molar-refractivity contribution in [1.82, 2.24) is 5.32 Å². The molecule has 2 aliphatic rings. The van der Waals surface area contributed by atoms with Gasteiger partial charge in [0.2, 0.25) is 0 Å². The highest BCUT2D eigenvalue weighted by Crippen LogP contribution is 2.30. The number of halogens is 1. The first kappa shape index (κ1) is 23.2. The van der Waals surface area contributed by atoms with Gasteiger partial charge in [0.15, 0.2) is 6.04 Å². The summed E-state index contributed by atoms with van der Waals surface area (Å²) >= 11 is 7.56. The van der Waals surface area contributed by atoms with Gasteiger partial charge in [-0.3, -0.25) is 4.79 Å². The number of aliphatic hydroxyl groups is 3. The van der Waals surface area contributed by atoms with Crippen LogP contribution in [-0.2, 0) is 9.53 Å². The smallest absolute Gasteiger partial charge is 0.278 e. The van der Waals surface area contributed by atoms with E-state index in [9.17, 15) is 20.1 Å². The quantitative estimate of drug-likeness (QED) is 0.334. The number of hydrogen-bond acceptors (Lipinski definition) is 6. The van der Waals surface area contributed by atoms with Crippen LogP contribution in [0.3, 0.4) is 0 Å². The fraction of sp³-hybridized carbons (Fsp3) is 0.944. The first-order chi connectivity index (χ1) is 12.7. The van der Waals surface area contributed by atoms with Gasteiger partial charge in [-0.2, -0.15) is 0 Å². The molecule has 0 saturated carbocycles. The van der Waals surface area contributed by atoms with Gasteiger partial charge in [0.1, 0.15) is 29.9 Å². The molecule has 0 spiro atoms. The minimum absolute atomic E-state index is 0.110. The van der Waals surface area contributed by atoms with Crippen LogP contribution in [0.25, 0.3) is 0 Å². The van der Waals surface area contributed by atoms with Crippen LogP contribution in [0.15, 0.2) is 0 Å². The number of nitrogens with one attached hydrogen (secondary N) is 2. The van der Waals surface area contributed by atoms with Gasteiger partial charge in [-0.15, -0.1) is 23.4 Å². The van der Waals surface area contributed by atoms with E-state index in [0.29, 0.717) is 5.92 Å². The van der Waals surface area contributed by atoms with Crippen LogP contribution in [0.1, 0.15) is 33.1 Å². The molecule has 2 rings (SSSR count). The summed E-state index contributed by atoms with van der Waals surface area (Å²) in [6.07, 6.45) is 0.00196. The third-order valence-corrected chi connectivity index (χ3v) is 6.91. The number of likely N-dealkylation sites (tertiary alicyclic amines) is 1. The average molecular weight is 426 g/mol. The highest BCUT2D eigenvalue weighted by molar-refractivity contribution is 7.99. The van der Waals surface area contributed by atoms with Crippen LogP contribution in [0.2, 0.25) is 0 Å². The summed E-state index contributed by atoms with van der Waals surface area (Å²) in [5, 5.41) is 33.1. The molecule has 158 valence electrons. The Morgan fingerprint density at radius 2 is 2.00 bits per heavy atom. The molecule has 2 fully saturated rings. The molecule has 27 heavy (non-hydrogen) atoms. The highest BCUT2D eigenvalue weighted by Gasteiger charge is 2.49. The largest absolute Gasteiger partial charge is 0.388 e. The van der Waals surface area contributed by atoms with E-state index >= 15 is 0 Å². The molecule has 0 bridgehead atoms. The van der Waals surface area contributed by atoms with Crippen molar-refractivity contribution in [2.75, 3.05) is 19.8 Å². The number of quaternary nitrogens is 1. The third kappa shape index (κ3) is 5.29. The molecule has 7 nitrogen and oxygen atoms in total. The molecular weight excluding hydrogens is 392 g/mol. The molecular formula is C18H34ClN2O5S+. The lowest BCUT2D eigenvalue weighted by Gasteiger charge is -2.44. The Morgan fingerprint density at radius 3 is 2.56 bits per heavy atom. The van der Waals surface area contributed by atoms with Gasteiger partial charge >= 0.3 is 0 Å². The van der Waals surface area contributed by atoms with Gasteiger partial charge in [-0.05, 0) is 19.6 Å². The van der Waals surface area contributed by atoms with E-state index in [4.69, 9.17) is 16.3 Å². The standard InChI is InChI=1S/C18H33ClN2O5S/c1-5-6-10-7-11(21(3)8-10)17(25)20-12(9(2)19)16-14(23)13(22)15(24)18(26-16)27-4/h9-16,18,22-24H,5-8H2,1-4H3,(H,20,25)/p+1/t9-,10+,11+,12-,13+,14-,15+,16-,18+/m1/s1. The first-order valence-electron chi connectivity index (χ1n) is 9.70. The van der Waals surface area contributed by atoms with Crippen molar-refractivity contribution in [3.63, 3.8) is 0 Å². The van der Waals surface area contributed by atoms with Crippen LogP contribution in [-0.4, -0.2) is 88.4 Å². The zero-order chi connectivity index (χ0) is 20.3. The molecule has 0 aromatic rings. The Bertz CT molecular complexity index is 498. The molecule has 0 aromatic heterocycles. The van der Waals surface area contributed by atoms with Gasteiger partial charge in [0.25, 0.3) is 5.91 Å².